The molecule has 0 amide bonds. The fourth-order valence-electron chi connectivity index (χ4n) is 3.42. The summed E-state index contributed by atoms with van der Waals surface area (Å²) in [6.45, 7) is 2.95. The fourth-order valence-corrected chi connectivity index (χ4v) is 3.42. The first-order chi connectivity index (χ1) is 14.5. The molecule has 3 rings (SSSR count). The molecule has 0 spiro atoms. The highest BCUT2D eigenvalue weighted by Crippen LogP contribution is 2.26. The van der Waals surface area contributed by atoms with E-state index in [9.17, 15) is 27.6 Å². The number of alkyl halides is 3. The fraction of sp³-hybridized carbons (Fsp3) is 0.227. The van der Waals surface area contributed by atoms with Crippen molar-refractivity contribution in [3.8, 4) is 5.69 Å². The van der Waals surface area contributed by atoms with E-state index in [-0.39, 0.29) is 0 Å². The summed E-state index contributed by atoms with van der Waals surface area (Å²) < 4.78 is 46.1. The van der Waals surface area contributed by atoms with Crippen LogP contribution in [0.15, 0.2) is 53.5 Å². The van der Waals surface area contributed by atoms with Crippen molar-refractivity contribution in [1.82, 2.24) is 9.13 Å². The minimum atomic E-state index is -4.80. The number of benzene rings is 1. The van der Waals surface area contributed by atoms with Gasteiger partial charge in [-0.3, -0.25) is 9.59 Å². The summed E-state index contributed by atoms with van der Waals surface area (Å²) in [6, 6.07) is 9.95. The quantitative estimate of drug-likeness (QED) is 0.452. The van der Waals surface area contributed by atoms with Gasteiger partial charge in [0.25, 0.3) is 5.56 Å². The van der Waals surface area contributed by atoms with Gasteiger partial charge in [-0.15, -0.1) is 0 Å². The van der Waals surface area contributed by atoms with Gasteiger partial charge in [0, 0.05) is 28.8 Å². The summed E-state index contributed by atoms with van der Waals surface area (Å²) in [7, 11) is 1.28. The molecule has 0 saturated heterocycles. The van der Waals surface area contributed by atoms with Crippen molar-refractivity contribution in [2.45, 2.75) is 26.6 Å². The second-order valence-corrected chi connectivity index (χ2v) is 6.93. The number of pyridine rings is 1. The number of methoxy groups -OCH3 is 1. The molecule has 0 unspecified atom stereocenters. The lowest BCUT2D eigenvalue weighted by Crippen LogP contribution is -2.30. The van der Waals surface area contributed by atoms with Crippen molar-refractivity contribution in [3.63, 3.8) is 0 Å². The molecule has 0 saturated carbocycles. The van der Waals surface area contributed by atoms with Gasteiger partial charge in [-0.2, -0.15) is 13.2 Å². The van der Waals surface area contributed by atoms with Crippen molar-refractivity contribution in [2.75, 3.05) is 7.11 Å². The highest BCUT2D eigenvalue weighted by Gasteiger charge is 2.34. The number of hydrogen-bond acceptors (Lipinski definition) is 4. The van der Waals surface area contributed by atoms with E-state index in [4.69, 9.17) is 0 Å². The maximum atomic E-state index is 13.0. The highest BCUT2D eigenvalue weighted by atomic mass is 19.4. The monoisotopic (exact) mass is 432 g/mol. The summed E-state index contributed by atoms with van der Waals surface area (Å²) in [4.78, 5) is 36.5. The molecule has 2 aromatic heterocycles. The summed E-state index contributed by atoms with van der Waals surface area (Å²) in [5.74, 6) is -0.971. The Kier molecular flexibility index (Phi) is 5.88. The van der Waals surface area contributed by atoms with E-state index in [2.05, 4.69) is 4.74 Å². The maximum absolute atomic E-state index is 13.0. The number of ether oxygens (including phenoxy) is 1. The zero-order valence-electron chi connectivity index (χ0n) is 17.0. The van der Waals surface area contributed by atoms with Crippen molar-refractivity contribution in [2.24, 2.45) is 0 Å². The lowest BCUT2D eigenvalue weighted by molar-refractivity contribution is -0.139. The van der Waals surface area contributed by atoms with Crippen molar-refractivity contribution in [3.05, 3.63) is 87.1 Å². The number of halogens is 3. The molecule has 0 radical (unpaired) electrons. The predicted molar refractivity (Wildman–Crippen MR) is 107 cm³/mol. The van der Waals surface area contributed by atoms with Gasteiger partial charge in [-0.05, 0) is 56.3 Å². The number of nitrogens with zero attached hydrogens (tertiary/aromatic N) is 2. The highest BCUT2D eigenvalue weighted by molar-refractivity contribution is 5.97. The first kappa shape index (κ1) is 22.1. The van der Waals surface area contributed by atoms with Gasteiger partial charge in [0.2, 0.25) is 0 Å². The van der Waals surface area contributed by atoms with Crippen LogP contribution < -0.4 is 5.56 Å². The zero-order chi connectivity index (χ0) is 22.9. The number of rotatable bonds is 5. The molecule has 162 valence electrons. The average molecular weight is 432 g/mol. The van der Waals surface area contributed by atoms with Crippen molar-refractivity contribution in [1.29, 1.82) is 0 Å². The zero-order valence-corrected chi connectivity index (χ0v) is 17.0. The molecule has 0 atom stereocenters. The Bertz CT molecular complexity index is 1200. The van der Waals surface area contributed by atoms with Gasteiger partial charge in [0.15, 0.2) is 5.78 Å². The van der Waals surface area contributed by atoms with Crippen LogP contribution in [-0.4, -0.2) is 28.0 Å². The van der Waals surface area contributed by atoms with Crippen molar-refractivity contribution < 1.29 is 27.5 Å². The van der Waals surface area contributed by atoms with Crippen LogP contribution in [0.4, 0.5) is 13.2 Å². The van der Waals surface area contributed by atoms with E-state index in [0.29, 0.717) is 34.3 Å². The Morgan fingerprint density at radius 3 is 2.29 bits per heavy atom. The second kappa shape index (κ2) is 8.25. The number of carbonyl (C=O) groups excluding carboxylic acids is 2. The molecule has 0 N–H and O–H groups in total. The summed E-state index contributed by atoms with van der Waals surface area (Å²) >= 11 is 0. The normalized spacial score (nSPS) is 11.4. The minimum Gasteiger partial charge on any atom is -0.465 e. The Balaban J connectivity index is 1.93. The second-order valence-electron chi connectivity index (χ2n) is 6.93. The molecule has 2 heterocycles. The average Bonchev–Trinajstić information content (AvgIpc) is 3.02. The number of ketones is 1. The standard InChI is InChI=1S/C22H19F3N2O4/c1-13-11-17(14(2)27(13)16-8-6-15(7-9-16)21(30)31-3)19(28)12-26-10-4-5-18(20(26)29)22(23,24)25/h4-11H,12H2,1-3H3. The smallest absolute Gasteiger partial charge is 0.421 e. The third-order valence-corrected chi connectivity index (χ3v) is 4.92. The molecule has 0 aliphatic carbocycles. The van der Waals surface area contributed by atoms with E-state index >= 15 is 0 Å². The van der Waals surface area contributed by atoms with E-state index < -0.39 is 35.6 Å². The topological polar surface area (TPSA) is 70.3 Å². The van der Waals surface area contributed by atoms with E-state index in [1.54, 1.807) is 48.7 Å². The van der Waals surface area contributed by atoms with Gasteiger partial charge in [-0.25, -0.2) is 4.79 Å². The van der Waals surface area contributed by atoms with Crippen LogP contribution in [0.3, 0.4) is 0 Å². The molecular weight excluding hydrogens is 413 g/mol. The van der Waals surface area contributed by atoms with Gasteiger partial charge < -0.3 is 13.9 Å². The SMILES string of the molecule is COC(=O)c1ccc(-n2c(C)cc(C(=O)Cn3cccc(C(F)(F)F)c3=O)c2C)cc1. The van der Waals surface area contributed by atoms with Crippen LogP contribution in [0.1, 0.15) is 37.7 Å². The first-order valence-electron chi connectivity index (χ1n) is 9.22. The van der Waals surface area contributed by atoms with Crippen LogP contribution in [-0.2, 0) is 17.5 Å². The van der Waals surface area contributed by atoms with Gasteiger partial charge in [-0.1, -0.05) is 0 Å². The van der Waals surface area contributed by atoms with E-state index in [0.717, 1.165) is 16.8 Å². The first-order valence-corrected chi connectivity index (χ1v) is 9.22. The van der Waals surface area contributed by atoms with Crippen LogP contribution in [0.25, 0.3) is 5.69 Å². The van der Waals surface area contributed by atoms with Gasteiger partial charge in [0.1, 0.15) is 5.56 Å². The van der Waals surface area contributed by atoms with Gasteiger partial charge in [0.05, 0.1) is 19.2 Å². The van der Waals surface area contributed by atoms with Crippen LogP contribution >= 0.6 is 0 Å². The Morgan fingerprint density at radius 1 is 1.06 bits per heavy atom. The third-order valence-electron chi connectivity index (χ3n) is 4.92. The van der Waals surface area contributed by atoms with Crippen LogP contribution in [0.2, 0.25) is 0 Å². The number of Topliss-reactive ketones (excluding diaryl/α,β-unsaturated/α-hetero) is 1. The van der Waals surface area contributed by atoms with Crippen LogP contribution in [0, 0.1) is 13.8 Å². The molecule has 9 heteroatoms. The molecule has 0 bridgehead atoms. The predicted octanol–water partition coefficient (Wildman–Crippen LogP) is 3.94. The van der Waals surface area contributed by atoms with E-state index in [1.807, 2.05) is 0 Å². The minimum absolute atomic E-state index is 0.291. The molecular formula is C22H19F3N2O4. The Morgan fingerprint density at radius 2 is 1.71 bits per heavy atom. The van der Waals surface area contributed by atoms with Gasteiger partial charge >= 0.3 is 12.1 Å². The molecule has 6 nitrogen and oxygen atoms in total. The molecule has 0 aliphatic rings. The maximum Gasteiger partial charge on any atom is 0.421 e. The summed E-state index contributed by atoms with van der Waals surface area (Å²) in [5.41, 5.74) is 0.0386. The van der Waals surface area contributed by atoms with Crippen molar-refractivity contribution >= 4 is 11.8 Å². The summed E-state index contributed by atoms with van der Waals surface area (Å²) in [6.07, 6.45) is -3.64. The third kappa shape index (κ3) is 4.30. The molecule has 31 heavy (non-hydrogen) atoms. The molecule has 3 aromatic rings. The van der Waals surface area contributed by atoms with Crippen LogP contribution in [0.5, 0.6) is 0 Å². The Labute approximate surface area is 175 Å². The number of hydrogen-bond donors (Lipinski definition) is 0. The van der Waals surface area contributed by atoms with E-state index in [1.165, 1.54) is 7.11 Å². The molecule has 0 fully saturated rings. The molecule has 1 aromatic carbocycles. The number of aromatic nitrogens is 2. The Hall–Kier alpha value is -3.62. The lowest BCUT2D eigenvalue weighted by atomic mass is 10.1. The number of esters is 1. The molecule has 0 aliphatic heterocycles. The number of aryl methyl sites for hydroxylation is 1. The lowest BCUT2D eigenvalue weighted by Gasteiger charge is -2.11. The summed E-state index contributed by atoms with van der Waals surface area (Å²) in [5, 5.41) is 0. The number of carbonyl (C=O) groups is 2. The largest absolute Gasteiger partial charge is 0.465 e.